The molecule has 0 amide bonds. The fourth-order valence-electron chi connectivity index (χ4n) is 1.53. The summed E-state index contributed by atoms with van der Waals surface area (Å²) in [7, 11) is -3.97. The predicted molar refractivity (Wildman–Crippen MR) is 68.9 cm³/mol. The van der Waals surface area contributed by atoms with E-state index in [1.807, 2.05) is 0 Å². The zero-order valence-corrected chi connectivity index (χ0v) is 11.8. The molecule has 0 fully saturated rings. The minimum absolute atomic E-state index is 0.0931. The fraction of sp³-hybridized carbons (Fsp3) is 0.0769. The van der Waals surface area contributed by atoms with Crippen LogP contribution < -0.4 is 4.74 Å². The summed E-state index contributed by atoms with van der Waals surface area (Å²) in [5, 5.41) is 0.342. The molecule has 3 nitrogen and oxygen atoms in total. The van der Waals surface area contributed by atoms with Gasteiger partial charge in [0.25, 0.3) is 0 Å². The molecular formula is C13H7ClF3O3S. The first-order valence-corrected chi connectivity index (χ1v) is 7.32. The van der Waals surface area contributed by atoms with Crippen LogP contribution in [-0.2, 0) is 9.84 Å². The quantitative estimate of drug-likeness (QED) is 0.855. The van der Waals surface area contributed by atoms with E-state index < -0.39 is 21.9 Å². The van der Waals surface area contributed by atoms with Gasteiger partial charge in [-0.3, -0.25) is 0 Å². The van der Waals surface area contributed by atoms with Gasteiger partial charge < -0.3 is 4.74 Å². The first kappa shape index (κ1) is 15.7. The molecule has 0 aliphatic rings. The van der Waals surface area contributed by atoms with Crippen LogP contribution >= 0.6 is 11.6 Å². The molecule has 0 saturated carbocycles. The molecule has 0 atom stereocenters. The van der Waals surface area contributed by atoms with E-state index in [1.54, 1.807) is 0 Å². The molecule has 2 rings (SSSR count). The number of sulfone groups is 1. The lowest BCUT2D eigenvalue weighted by Gasteiger charge is -2.10. The number of hydrogen-bond acceptors (Lipinski definition) is 3. The maximum absolute atomic E-state index is 12.3. The summed E-state index contributed by atoms with van der Waals surface area (Å²) in [6.45, 7) is 0. The molecule has 0 saturated heterocycles. The molecule has 0 aromatic heterocycles. The van der Waals surface area contributed by atoms with E-state index in [9.17, 15) is 21.6 Å². The minimum Gasteiger partial charge on any atom is -0.406 e. The van der Waals surface area contributed by atoms with Crippen LogP contribution in [-0.4, -0.2) is 14.8 Å². The molecule has 0 N–H and O–H groups in total. The zero-order chi connectivity index (χ0) is 15.7. The van der Waals surface area contributed by atoms with Crippen LogP contribution in [0.4, 0.5) is 13.2 Å². The Kier molecular flexibility index (Phi) is 4.15. The zero-order valence-electron chi connectivity index (χ0n) is 10.2. The average molecular weight is 336 g/mol. The van der Waals surface area contributed by atoms with E-state index in [-0.39, 0.29) is 9.79 Å². The molecule has 0 spiro atoms. The number of ether oxygens (including phenoxy) is 1. The normalized spacial score (nSPS) is 12.2. The highest BCUT2D eigenvalue weighted by Crippen LogP contribution is 2.28. The number of benzene rings is 2. The molecule has 8 heteroatoms. The van der Waals surface area contributed by atoms with E-state index in [1.165, 1.54) is 24.3 Å². The highest BCUT2D eigenvalue weighted by Gasteiger charge is 2.31. The topological polar surface area (TPSA) is 43.4 Å². The van der Waals surface area contributed by atoms with Gasteiger partial charge in [-0.25, -0.2) is 8.42 Å². The molecule has 0 bridgehead atoms. The standard InChI is InChI=1S/C13H7ClF3O3S/c14-9-4-6-11(7-5-9)21(18,19)12-3-1-2-10(8-12)20-13(15,16)17/h2-8H. The third-order valence-corrected chi connectivity index (χ3v) is 4.40. The highest BCUT2D eigenvalue weighted by molar-refractivity contribution is 7.91. The van der Waals surface area contributed by atoms with Gasteiger partial charge in [-0.05, 0) is 48.5 Å². The first-order valence-electron chi connectivity index (χ1n) is 5.46. The Morgan fingerprint density at radius 1 is 1.05 bits per heavy atom. The predicted octanol–water partition coefficient (Wildman–Crippen LogP) is 3.87. The van der Waals surface area contributed by atoms with Gasteiger partial charge in [-0.1, -0.05) is 11.6 Å². The molecule has 1 radical (unpaired) electrons. The maximum atomic E-state index is 12.3. The number of alkyl halides is 3. The molecule has 0 heterocycles. The summed E-state index contributed by atoms with van der Waals surface area (Å²) in [6, 6.07) is 10.3. The number of hydrogen-bond donors (Lipinski definition) is 0. The van der Waals surface area contributed by atoms with Crippen molar-refractivity contribution < 1.29 is 26.3 Å². The first-order chi connectivity index (χ1) is 9.68. The summed E-state index contributed by atoms with van der Waals surface area (Å²) in [6.07, 6.45) is -4.91. The number of halogens is 4. The van der Waals surface area contributed by atoms with Gasteiger partial charge in [-0.2, -0.15) is 0 Å². The van der Waals surface area contributed by atoms with Crippen LogP contribution in [0.25, 0.3) is 0 Å². The molecule has 2 aromatic carbocycles. The number of rotatable bonds is 3. The van der Waals surface area contributed by atoms with Crippen molar-refractivity contribution in [3.8, 4) is 5.75 Å². The van der Waals surface area contributed by atoms with Gasteiger partial charge in [-0.15, -0.1) is 13.2 Å². The van der Waals surface area contributed by atoms with Crippen molar-refractivity contribution in [1.29, 1.82) is 0 Å². The van der Waals surface area contributed by atoms with Gasteiger partial charge in [0.05, 0.1) is 9.79 Å². The van der Waals surface area contributed by atoms with Crippen LogP contribution in [0.15, 0.2) is 52.3 Å². The van der Waals surface area contributed by atoms with Gasteiger partial charge in [0.15, 0.2) is 0 Å². The van der Waals surface area contributed by atoms with Crippen LogP contribution in [0, 0.1) is 6.07 Å². The van der Waals surface area contributed by atoms with E-state index in [0.29, 0.717) is 5.02 Å². The van der Waals surface area contributed by atoms with E-state index in [2.05, 4.69) is 10.8 Å². The molecule has 111 valence electrons. The SMILES string of the molecule is O=S(=O)(c1ccc(Cl)cc1)c1c[c]cc(OC(F)(F)F)c1. The van der Waals surface area contributed by atoms with E-state index in [0.717, 1.165) is 18.2 Å². The van der Waals surface area contributed by atoms with Crippen LogP contribution in [0.1, 0.15) is 0 Å². The smallest absolute Gasteiger partial charge is 0.406 e. The van der Waals surface area contributed by atoms with Crippen molar-refractivity contribution in [2.24, 2.45) is 0 Å². The maximum Gasteiger partial charge on any atom is 0.573 e. The monoisotopic (exact) mass is 335 g/mol. The molecular weight excluding hydrogens is 329 g/mol. The Bertz CT molecular complexity index is 740. The largest absolute Gasteiger partial charge is 0.573 e. The Morgan fingerprint density at radius 3 is 2.24 bits per heavy atom. The third-order valence-electron chi connectivity index (χ3n) is 2.40. The second-order valence-corrected chi connectivity index (χ2v) is 6.30. The highest BCUT2D eigenvalue weighted by atomic mass is 35.5. The van der Waals surface area contributed by atoms with Crippen molar-refractivity contribution in [3.63, 3.8) is 0 Å². The summed E-state index contributed by atoms with van der Waals surface area (Å²) < 4.78 is 64.6. The molecule has 0 unspecified atom stereocenters. The van der Waals surface area contributed by atoms with Crippen molar-refractivity contribution in [1.82, 2.24) is 0 Å². The summed E-state index contributed by atoms with van der Waals surface area (Å²) >= 11 is 5.66. The second kappa shape index (κ2) is 5.57. The Hall–Kier alpha value is -1.73. The molecule has 21 heavy (non-hydrogen) atoms. The van der Waals surface area contributed by atoms with Gasteiger partial charge in [0, 0.05) is 5.02 Å². The fourth-order valence-corrected chi connectivity index (χ4v) is 2.91. The molecule has 0 aliphatic carbocycles. The Balaban J connectivity index is 2.41. The van der Waals surface area contributed by atoms with Crippen molar-refractivity contribution >= 4 is 21.4 Å². The van der Waals surface area contributed by atoms with Gasteiger partial charge >= 0.3 is 6.36 Å². The summed E-state index contributed by atoms with van der Waals surface area (Å²) in [4.78, 5) is -0.448. The lowest BCUT2D eigenvalue weighted by Crippen LogP contribution is -2.17. The lowest BCUT2D eigenvalue weighted by atomic mass is 10.3. The molecule has 2 aromatic rings. The minimum atomic E-state index is -4.91. The van der Waals surface area contributed by atoms with Gasteiger partial charge in [0.2, 0.25) is 9.84 Å². The second-order valence-electron chi connectivity index (χ2n) is 3.91. The third kappa shape index (κ3) is 3.89. The van der Waals surface area contributed by atoms with Crippen LogP contribution in [0.5, 0.6) is 5.75 Å². The average Bonchev–Trinajstić information content (AvgIpc) is 2.37. The van der Waals surface area contributed by atoms with Crippen molar-refractivity contribution in [2.45, 2.75) is 16.2 Å². The molecule has 0 aliphatic heterocycles. The Morgan fingerprint density at radius 2 is 1.67 bits per heavy atom. The lowest BCUT2D eigenvalue weighted by molar-refractivity contribution is -0.274. The van der Waals surface area contributed by atoms with Crippen molar-refractivity contribution in [3.05, 3.63) is 53.6 Å². The van der Waals surface area contributed by atoms with Crippen molar-refractivity contribution in [2.75, 3.05) is 0 Å². The van der Waals surface area contributed by atoms with Crippen LogP contribution in [0.3, 0.4) is 0 Å². The summed E-state index contributed by atoms with van der Waals surface area (Å²) in [5.41, 5.74) is 0. The Labute approximate surface area is 123 Å². The van der Waals surface area contributed by atoms with Gasteiger partial charge in [0.1, 0.15) is 5.75 Å². The van der Waals surface area contributed by atoms with E-state index in [4.69, 9.17) is 11.6 Å². The summed E-state index contributed by atoms with van der Waals surface area (Å²) in [5.74, 6) is -0.655. The van der Waals surface area contributed by atoms with Crippen LogP contribution in [0.2, 0.25) is 5.02 Å². The van der Waals surface area contributed by atoms with E-state index >= 15 is 0 Å².